The molecule has 0 radical (unpaired) electrons. The van der Waals surface area contributed by atoms with E-state index in [1.54, 1.807) is 50.8 Å². The number of nitrogens with zero attached hydrogens (tertiary/aromatic N) is 2. The van der Waals surface area contributed by atoms with Gasteiger partial charge >= 0.3 is 0 Å². The van der Waals surface area contributed by atoms with Crippen molar-refractivity contribution in [2.75, 3.05) is 14.2 Å². The van der Waals surface area contributed by atoms with Crippen molar-refractivity contribution in [3.8, 4) is 11.5 Å². The minimum absolute atomic E-state index is 0.232. The van der Waals surface area contributed by atoms with E-state index >= 15 is 0 Å². The molecule has 1 aromatic heterocycles. The molecule has 0 saturated carbocycles. The predicted molar refractivity (Wildman–Crippen MR) is 95.9 cm³/mol. The van der Waals surface area contributed by atoms with Crippen LogP contribution in [0.15, 0.2) is 52.4 Å². The van der Waals surface area contributed by atoms with Crippen molar-refractivity contribution >= 4 is 29.3 Å². The van der Waals surface area contributed by atoms with Gasteiger partial charge in [0, 0.05) is 0 Å². The molecular weight excluding hydrogens is 326 g/mol. The SMILES string of the molecule is COc1ccc(/C=N\n2c(=S)[nH]c3ccccc3c2=O)cc1OC. The summed E-state index contributed by atoms with van der Waals surface area (Å²) in [5.74, 6) is 1.20. The highest BCUT2D eigenvalue weighted by Crippen LogP contribution is 2.26. The molecule has 7 heteroatoms. The molecule has 2 aromatic carbocycles. The van der Waals surface area contributed by atoms with Gasteiger partial charge in [0.2, 0.25) is 4.77 Å². The fourth-order valence-corrected chi connectivity index (χ4v) is 2.56. The summed E-state index contributed by atoms with van der Waals surface area (Å²) in [6.07, 6.45) is 1.54. The summed E-state index contributed by atoms with van der Waals surface area (Å²) in [5, 5.41) is 4.73. The van der Waals surface area contributed by atoms with Crippen molar-refractivity contribution in [3.63, 3.8) is 0 Å². The molecule has 0 amide bonds. The highest BCUT2D eigenvalue weighted by atomic mass is 32.1. The van der Waals surface area contributed by atoms with Gasteiger partial charge in [-0.2, -0.15) is 9.78 Å². The summed E-state index contributed by atoms with van der Waals surface area (Å²) < 4.78 is 11.8. The number of fused-ring (bicyclic) bond motifs is 1. The molecule has 0 fully saturated rings. The quantitative estimate of drug-likeness (QED) is 0.585. The largest absolute Gasteiger partial charge is 0.493 e. The average Bonchev–Trinajstić information content (AvgIpc) is 2.61. The molecule has 24 heavy (non-hydrogen) atoms. The smallest absolute Gasteiger partial charge is 0.282 e. The maximum Gasteiger partial charge on any atom is 0.282 e. The highest BCUT2D eigenvalue weighted by molar-refractivity contribution is 7.71. The molecule has 0 aliphatic carbocycles. The first kappa shape index (κ1) is 15.9. The lowest BCUT2D eigenvalue weighted by molar-refractivity contribution is 0.355. The van der Waals surface area contributed by atoms with Gasteiger partial charge < -0.3 is 14.5 Å². The van der Waals surface area contributed by atoms with Crippen LogP contribution in [-0.4, -0.2) is 30.1 Å². The second kappa shape index (κ2) is 6.67. The van der Waals surface area contributed by atoms with E-state index in [0.29, 0.717) is 22.4 Å². The number of benzene rings is 2. The van der Waals surface area contributed by atoms with Gasteiger partial charge in [0.1, 0.15) is 0 Å². The molecule has 0 saturated heterocycles. The van der Waals surface area contributed by atoms with E-state index in [4.69, 9.17) is 21.7 Å². The Morgan fingerprint density at radius 3 is 2.62 bits per heavy atom. The fraction of sp³-hybridized carbons (Fsp3) is 0.118. The zero-order valence-corrected chi connectivity index (χ0v) is 14.0. The van der Waals surface area contributed by atoms with Crippen LogP contribution < -0.4 is 15.0 Å². The summed E-state index contributed by atoms with van der Waals surface area (Å²) in [6.45, 7) is 0. The molecule has 0 aliphatic heterocycles. The minimum Gasteiger partial charge on any atom is -0.493 e. The third-order valence-electron chi connectivity index (χ3n) is 3.51. The molecule has 3 rings (SSSR count). The van der Waals surface area contributed by atoms with E-state index < -0.39 is 0 Å². The number of methoxy groups -OCH3 is 2. The normalized spacial score (nSPS) is 11.1. The number of H-pyrrole nitrogens is 1. The third kappa shape index (κ3) is 2.93. The number of ether oxygens (including phenoxy) is 2. The third-order valence-corrected chi connectivity index (χ3v) is 3.79. The van der Waals surface area contributed by atoms with Crippen LogP contribution in [0.4, 0.5) is 0 Å². The zero-order valence-electron chi connectivity index (χ0n) is 13.1. The van der Waals surface area contributed by atoms with Gasteiger partial charge in [-0.05, 0) is 48.1 Å². The lowest BCUT2D eigenvalue weighted by atomic mass is 10.2. The first-order valence-corrected chi connectivity index (χ1v) is 7.55. The Hall–Kier alpha value is -2.93. The molecule has 6 nitrogen and oxygen atoms in total. The van der Waals surface area contributed by atoms with Gasteiger partial charge in [0.05, 0.1) is 31.3 Å². The Kier molecular flexibility index (Phi) is 4.43. The van der Waals surface area contributed by atoms with E-state index in [1.807, 2.05) is 12.1 Å². The molecule has 0 spiro atoms. The molecule has 0 unspecified atom stereocenters. The summed E-state index contributed by atoms with van der Waals surface area (Å²) in [7, 11) is 3.13. The predicted octanol–water partition coefficient (Wildman–Crippen LogP) is 2.96. The Morgan fingerprint density at radius 1 is 1.12 bits per heavy atom. The number of para-hydroxylation sites is 1. The maximum absolute atomic E-state index is 12.5. The molecular formula is C17H15N3O3S. The Balaban J connectivity index is 2.05. The molecule has 3 aromatic rings. The standard InChI is InChI=1S/C17H15N3O3S/c1-22-14-8-7-11(9-15(14)23-2)10-18-20-16(21)12-5-3-4-6-13(12)19-17(20)24/h3-10H,1-2H3,(H,19,24)/b18-10-. The van der Waals surface area contributed by atoms with Crippen molar-refractivity contribution in [2.24, 2.45) is 5.10 Å². The Labute approximate surface area is 143 Å². The van der Waals surface area contributed by atoms with E-state index in [0.717, 1.165) is 10.2 Å². The van der Waals surface area contributed by atoms with Crippen molar-refractivity contribution in [1.82, 2.24) is 9.66 Å². The highest BCUT2D eigenvalue weighted by Gasteiger charge is 2.05. The van der Waals surface area contributed by atoms with Gasteiger partial charge in [-0.3, -0.25) is 4.79 Å². The van der Waals surface area contributed by atoms with Crippen molar-refractivity contribution in [1.29, 1.82) is 0 Å². The van der Waals surface area contributed by atoms with Crippen LogP contribution in [0.1, 0.15) is 5.56 Å². The Morgan fingerprint density at radius 2 is 1.88 bits per heavy atom. The lowest BCUT2D eigenvalue weighted by Crippen LogP contribution is -2.18. The molecule has 1 heterocycles. The topological polar surface area (TPSA) is 68.6 Å². The maximum atomic E-state index is 12.5. The van der Waals surface area contributed by atoms with Crippen LogP contribution in [0.5, 0.6) is 11.5 Å². The van der Waals surface area contributed by atoms with E-state index in [-0.39, 0.29) is 10.3 Å². The van der Waals surface area contributed by atoms with Gasteiger partial charge in [0.15, 0.2) is 11.5 Å². The second-order valence-corrected chi connectivity index (χ2v) is 5.34. The van der Waals surface area contributed by atoms with Crippen molar-refractivity contribution in [3.05, 3.63) is 63.2 Å². The van der Waals surface area contributed by atoms with Gasteiger partial charge in [-0.25, -0.2) is 0 Å². The number of rotatable bonds is 4. The zero-order chi connectivity index (χ0) is 17.1. The van der Waals surface area contributed by atoms with Crippen LogP contribution >= 0.6 is 12.2 Å². The minimum atomic E-state index is -0.272. The van der Waals surface area contributed by atoms with Crippen LogP contribution in [0.2, 0.25) is 0 Å². The summed E-state index contributed by atoms with van der Waals surface area (Å²) in [5.41, 5.74) is 1.17. The summed E-state index contributed by atoms with van der Waals surface area (Å²) in [4.78, 5) is 15.5. The molecule has 0 aliphatic rings. The summed E-state index contributed by atoms with van der Waals surface area (Å²) in [6, 6.07) is 12.5. The summed E-state index contributed by atoms with van der Waals surface area (Å²) >= 11 is 5.22. The number of aromatic amines is 1. The van der Waals surface area contributed by atoms with Gasteiger partial charge in [-0.1, -0.05) is 12.1 Å². The van der Waals surface area contributed by atoms with Crippen LogP contribution in [0, 0.1) is 4.77 Å². The Bertz CT molecular complexity index is 1040. The van der Waals surface area contributed by atoms with E-state index in [9.17, 15) is 4.79 Å². The first-order valence-electron chi connectivity index (χ1n) is 7.14. The lowest BCUT2D eigenvalue weighted by Gasteiger charge is -2.07. The first-order chi connectivity index (χ1) is 11.6. The molecule has 0 bridgehead atoms. The van der Waals surface area contributed by atoms with Crippen molar-refractivity contribution < 1.29 is 9.47 Å². The van der Waals surface area contributed by atoms with Crippen LogP contribution in [-0.2, 0) is 0 Å². The second-order valence-electron chi connectivity index (χ2n) is 4.95. The van der Waals surface area contributed by atoms with E-state index in [1.165, 1.54) is 0 Å². The number of hydrogen-bond donors (Lipinski definition) is 1. The van der Waals surface area contributed by atoms with Gasteiger partial charge in [0.25, 0.3) is 5.56 Å². The number of nitrogens with one attached hydrogen (secondary N) is 1. The number of aromatic nitrogens is 2. The monoisotopic (exact) mass is 341 g/mol. The fourth-order valence-electron chi connectivity index (χ4n) is 2.32. The molecule has 0 atom stereocenters. The van der Waals surface area contributed by atoms with Crippen molar-refractivity contribution in [2.45, 2.75) is 0 Å². The van der Waals surface area contributed by atoms with Crippen LogP contribution in [0.3, 0.4) is 0 Å². The molecule has 122 valence electrons. The average molecular weight is 341 g/mol. The number of hydrogen-bond acceptors (Lipinski definition) is 5. The van der Waals surface area contributed by atoms with E-state index in [2.05, 4.69) is 10.1 Å². The van der Waals surface area contributed by atoms with Crippen LogP contribution in [0.25, 0.3) is 10.9 Å². The van der Waals surface area contributed by atoms with Gasteiger partial charge in [-0.15, -0.1) is 0 Å². The molecule has 1 N–H and O–H groups in total.